The number of ether oxygens (including phenoxy) is 2. The summed E-state index contributed by atoms with van der Waals surface area (Å²) in [6.07, 6.45) is 8.38. The molecule has 2 heteroatoms. The first-order chi connectivity index (χ1) is 5.97. The third kappa shape index (κ3) is 1.99. The van der Waals surface area contributed by atoms with Crippen molar-refractivity contribution in [1.82, 2.24) is 0 Å². The van der Waals surface area contributed by atoms with Gasteiger partial charge in [-0.3, -0.25) is 0 Å². The fourth-order valence-electron chi connectivity index (χ4n) is 2.12. The van der Waals surface area contributed by atoms with Crippen LogP contribution in [-0.2, 0) is 9.47 Å². The van der Waals surface area contributed by atoms with Crippen LogP contribution in [0.5, 0.6) is 0 Å². The molecule has 2 nitrogen and oxygen atoms in total. The fraction of sp³-hybridized carbons (Fsp3) is 1.00. The standard InChI is InChI=1S/C10H18O2/c1-3-7-11-9(5-1)10-6-2-4-8-12-10/h9-10H,1-8H2/t9-,10-/m1/s1. The van der Waals surface area contributed by atoms with Gasteiger partial charge in [-0.2, -0.15) is 0 Å². The summed E-state index contributed by atoms with van der Waals surface area (Å²) in [5.74, 6) is 0. The summed E-state index contributed by atoms with van der Waals surface area (Å²) < 4.78 is 11.4. The minimum atomic E-state index is 0.416. The predicted molar refractivity (Wildman–Crippen MR) is 47.2 cm³/mol. The van der Waals surface area contributed by atoms with E-state index in [1.807, 2.05) is 0 Å². The van der Waals surface area contributed by atoms with Gasteiger partial charge >= 0.3 is 0 Å². The Morgan fingerprint density at radius 1 is 0.667 bits per heavy atom. The first-order valence-electron chi connectivity index (χ1n) is 5.20. The molecule has 2 aliphatic heterocycles. The molecule has 0 bridgehead atoms. The Hall–Kier alpha value is -0.0800. The summed E-state index contributed by atoms with van der Waals surface area (Å²) in [5.41, 5.74) is 0. The largest absolute Gasteiger partial charge is 0.376 e. The van der Waals surface area contributed by atoms with Gasteiger partial charge in [-0.25, -0.2) is 0 Å². The maximum absolute atomic E-state index is 5.69. The molecule has 0 N–H and O–H groups in total. The van der Waals surface area contributed by atoms with Gasteiger partial charge in [-0.15, -0.1) is 0 Å². The van der Waals surface area contributed by atoms with Crippen LogP contribution in [0, 0.1) is 0 Å². The Kier molecular flexibility index (Phi) is 3.01. The lowest BCUT2D eigenvalue weighted by Crippen LogP contribution is -2.36. The van der Waals surface area contributed by atoms with E-state index in [-0.39, 0.29) is 0 Å². The Labute approximate surface area is 74.2 Å². The lowest BCUT2D eigenvalue weighted by atomic mass is 9.98. The van der Waals surface area contributed by atoms with Gasteiger partial charge in [0.05, 0.1) is 12.2 Å². The average Bonchev–Trinajstić information content (AvgIpc) is 2.21. The molecule has 2 saturated heterocycles. The van der Waals surface area contributed by atoms with E-state index in [2.05, 4.69) is 0 Å². The highest BCUT2D eigenvalue weighted by Gasteiger charge is 2.26. The second-order valence-corrected chi connectivity index (χ2v) is 3.81. The Balaban J connectivity index is 1.80. The first-order valence-corrected chi connectivity index (χ1v) is 5.20. The zero-order chi connectivity index (χ0) is 8.23. The summed E-state index contributed by atoms with van der Waals surface area (Å²) in [7, 11) is 0. The van der Waals surface area contributed by atoms with Crippen molar-refractivity contribution in [3.63, 3.8) is 0 Å². The van der Waals surface area contributed by atoms with Gasteiger partial charge < -0.3 is 9.47 Å². The molecule has 2 rings (SSSR count). The molecule has 0 aromatic carbocycles. The molecule has 0 aromatic heterocycles. The first kappa shape index (κ1) is 8.52. The van der Waals surface area contributed by atoms with E-state index in [4.69, 9.17) is 9.47 Å². The predicted octanol–water partition coefficient (Wildman–Crippen LogP) is 2.12. The highest BCUT2D eigenvalue weighted by atomic mass is 16.5. The van der Waals surface area contributed by atoms with Gasteiger partial charge in [0, 0.05) is 13.2 Å². The SMILES string of the molecule is C1CC[C@H]([C@H]2CCCCO2)OC1. The highest BCUT2D eigenvalue weighted by molar-refractivity contribution is 4.76. The Morgan fingerprint density at radius 2 is 1.17 bits per heavy atom. The van der Waals surface area contributed by atoms with Crippen LogP contribution in [0.3, 0.4) is 0 Å². The average molecular weight is 170 g/mol. The van der Waals surface area contributed by atoms with E-state index in [0.717, 1.165) is 13.2 Å². The normalized spacial score (nSPS) is 38.0. The smallest absolute Gasteiger partial charge is 0.0836 e. The van der Waals surface area contributed by atoms with Gasteiger partial charge in [0.25, 0.3) is 0 Å². The molecule has 2 aliphatic rings. The third-order valence-corrected chi connectivity index (χ3v) is 2.84. The highest BCUT2D eigenvalue weighted by Crippen LogP contribution is 2.24. The van der Waals surface area contributed by atoms with Crippen molar-refractivity contribution in [3.8, 4) is 0 Å². The third-order valence-electron chi connectivity index (χ3n) is 2.84. The molecule has 2 fully saturated rings. The Morgan fingerprint density at radius 3 is 1.50 bits per heavy atom. The number of hydrogen-bond acceptors (Lipinski definition) is 2. The minimum Gasteiger partial charge on any atom is -0.376 e. The van der Waals surface area contributed by atoms with Gasteiger partial charge in [0.1, 0.15) is 0 Å². The summed E-state index contributed by atoms with van der Waals surface area (Å²) >= 11 is 0. The monoisotopic (exact) mass is 170 g/mol. The summed E-state index contributed by atoms with van der Waals surface area (Å²) in [6, 6.07) is 0. The molecule has 0 radical (unpaired) electrons. The van der Waals surface area contributed by atoms with E-state index < -0.39 is 0 Å². The van der Waals surface area contributed by atoms with Crippen molar-refractivity contribution in [1.29, 1.82) is 0 Å². The zero-order valence-corrected chi connectivity index (χ0v) is 7.63. The van der Waals surface area contributed by atoms with E-state index in [9.17, 15) is 0 Å². The lowest BCUT2D eigenvalue weighted by molar-refractivity contribution is -0.107. The molecule has 0 spiro atoms. The molecule has 0 amide bonds. The number of hydrogen-bond donors (Lipinski definition) is 0. The summed E-state index contributed by atoms with van der Waals surface area (Å²) in [6.45, 7) is 1.90. The van der Waals surface area contributed by atoms with Crippen LogP contribution in [0.2, 0.25) is 0 Å². The van der Waals surface area contributed by atoms with Gasteiger partial charge in [0.2, 0.25) is 0 Å². The maximum Gasteiger partial charge on any atom is 0.0836 e. The molecular weight excluding hydrogens is 152 g/mol. The van der Waals surface area contributed by atoms with Crippen LogP contribution in [-0.4, -0.2) is 25.4 Å². The van der Waals surface area contributed by atoms with E-state index >= 15 is 0 Å². The van der Waals surface area contributed by atoms with Crippen molar-refractivity contribution in [2.75, 3.05) is 13.2 Å². The van der Waals surface area contributed by atoms with Crippen LogP contribution >= 0.6 is 0 Å². The zero-order valence-electron chi connectivity index (χ0n) is 7.63. The van der Waals surface area contributed by atoms with Crippen LogP contribution in [0.25, 0.3) is 0 Å². The topological polar surface area (TPSA) is 18.5 Å². The second-order valence-electron chi connectivity index (χ2n) is 3.81. The van der Waals surface area contributed by atoms with Crippen LogP contribution in [0.4, 0.5) is 0 Å². The fourth-order valence-corrected chi connectivity index (χ4v) is 2.12. The van der Waals surface area contributed by atoms with Crippen LogP contribution in [0.1, 0.15) is 38.5 Å². The molecule has 2 heterocycles. The molecule has 70 valence electrons. The van der Waals surface area contributed by atoms with Gasteiger partial charge in [-0.05, 0) is 38.5 Å². The lowest BCUT2D eigenvalue weighted by Gasteiger charge is -2.32. The van der Waals surface area contributed by atoms with E-state index in [1.165, 1.54) is 38.5 Å². The van der Waals surface area contributed by atoms with Crippen LogP contribution < -0.4 is 0 Å². The minimum absolute atomic E-state index is 0.416. The summed E-state index contributed by atoms with van der Waals surface area (Å²) in [4.78, 5) is 0. The van der Waals surface area contributed by atoms with Crippen molar-refractivity contribution in [2.45, 2.75) is 50.7 Å². The number of rotatable bonds is 1. The Bertz CT molecular complexity index is 108. The molecule has 0 saturated carbocycles. The maximum atomic E-state index is 5.69. The van der Waals surface area contributed by atoms with Crippen LogP contribution in [0.15, 0.2) is 0 Å². The van der Waals surface area contributed by atoms with Gasteiger partial charge in [-0.1, -0.05) is 0 Å². The van der Waals surface area contributed by atoms with E-state index in [0.29, 0.717) is 12.2 Å². The molecule has 2 atom stereocenters. The van der Waals surface area contributed by atoms with Crippen molar-refractivity contribution in [2.24, 2.45) is 0 Å². The quantitative estimate of drug-likeness (QED) is 0.600. The molecular formula is C10H18O2. The van der Waals surface area contributed by atoms with Crippen molar-refractivity contribution >= 4 is 0 Å². The molecule has 12 heavy (non-hydrogen) atoms. The molecule has 0 aliphatic carbocycles. The van der Waals surface area contributed by atoms with E-state index in [1.54, 1.807) is 0 Å². The van der Waals surface area contributed by atoms with Crippen molar-refractivity contribution < 1.29 is 9.47 Å². The molecule has 0 aromatic rings. The second kappa shape index (κ2) is 4.24. The molecule has 0 unspecified atom stereocenters. The summed E-state index contributed by atoms with van der Waals surface area (Å²) in [5, 5.41) is 0. The van der Waals surface area contributed by atoms with Crippen molar-refractivity contribution in [3.05, 3.63) is 0 Å². The van der Waals surface area contributed by atoms with Gasteiger partial charge in [0.15, 0.2) is 0 Å².